The minimum atomic E-state index is 0.132. The molecule has 1 aromatic heterocycles. The average Bonchev–Trinajstić information content (AvgIpc) is 2.75. The summed E-state index contributed by atoms with van der Waals surface area (Å²) in [4.78, 5) is 27.5. The topological polar surface area (TPSA) is 64.1 Å². The van der Waals surface area contributed by atoms with Crippen molar-refractivity contribution in [2.75, 3.05) is 52.2 Å². The van der Waals surface area contributed by atoms with E-state index in [1.807, 2.05) is 60.4 Å². The second kappa shape index (κ2) is 10.3. The summed E-state index contributed by atoms with van der Waals surface area (Å²) in [5.41, 5.74) is 2.09. The van der Waals surface area contributed by atoms with Crippen LogP contribution in [0, 0.1) is 0 Å². The van der Waals surface area contributed by atoms with Crippen LogP contribution in [0.25, 0.3) is 0 Å². The molecule has 160 valence electrons. The number of halogens is 1. The monoisotopic (exact) mass is 428 g/mol. The zero-order chi connectivity index (χ0) is 21.5. The van der Waals surface area contributed by atoms with Crippen molar-refractivity contribution in [2.45, 2.75) is 13.0 Å². The number of amides is 1. The first-order valence-corrected chi connectivity index (χ1v) is 10.4. The highest BCUT2D eigenvalue weighted by Gasteiger charge is 2.23. The second-order valence-corrected chi connectivity index (χ2v) is 7.93. The number of aromatic nitrogens is 1. The summed E-state index contributed by atoms with van der Waals surface area (Å²) in [6.07, 6.45) is 2.20. The zero-order valence-electron chi connectivity index (χ0n) is 17.8. The number of benzene rings is 1. The summed E-state index contributed by atoms with van der Waals surface area (Å²) in [7, 11) is 5.74. The van der Waals surface area contributed by atoms with Gasteiger partial charge in [-0.3, -0.25) is 9.79 Å². The van der Waals surface area contributed by atoms with Gasteiger partial charge in [0.25, 0.3) is 0 Å². The van der Waals surface area contributed by atoms with Gasteiger partial charge in [-0.1, -0.05) is 23.7 Å². The van der Waals surface area contributed by atoms with Crippen LogP contribution in [0.5, 0.6) is 0 Å². The van der Waals surface area contributed by atoms with Gasteiger partial charge in [-0.25, -0.2) is 4.98 Å². The number of carbonyl (C=O) groups is 1. The van der Waals surface area contributed by atoms with E-state index in [0.29, 0.717) is 31.1 Å². The highest BCUT2D eigenvalue weighted by atomic mass is 35.5. The van der Waals surface area contributed by atoms with Crippen LogP contribution < -0.4 is 10.2 Å². The van der Waals surface area contributed by atoms with Gasteiger partial charge in [-0.15, -0.1) is 0 Å². The molecule has 0 aliphatic carbocycles. The highest BCUT2D eigenvalue weighted by molar-refractivity contribution is 6.30. The lowest BCUT2D eigenvalue weighted by Gasteiger charge is -2.36. The van der Waals surface area contributed by atoms with E-state index >= 15 is 0 Å². The Bertz CT molecular complexity index is 893. The van der Waals surface area contributed by atoms with E-state index < -0.39 is 0 Å². The molecule has 0 unspecified atom stereocenters. The van der Waals surface area contributed by atoms with Crippen LogP contribution in [0.1, 0.15) is 11.1 Å². The maximum absolute atomic E-state index is 12.6. The maximum Gasteiger partial charge on any atom is 0.227 e. The van der Waals surface area contributed by atoms with Crippen LogP contribution in [0.2, 0.25) is 5.02 Å². The summed E-state index contributed by atoms with van der Waals surface area (Å²) >= 11 is 6.02. The molecule has 7 nitrogen and oxygen atoms in total. The third-order valence-corrected chi connectivity index (χ3v) is 5.34. The molecule has 8 heteroatoms. The molecule has 1 amide bonds. The molecule has 3 rings (SSSR count). The zero-order valence-corrected chi connectivity index (χ0v) is 18.6. The van der Waals surface area contributed by atoms with Gasteiger partial charge in [0, 0.05) is 65.1 Å². The molecular formula is C22H29ClN6O. The molecule has 1 aliphatic heterocycles. The van der Waals surface area contributed by atoms with Crippen molar-refractivity contribution in [1.29, 1.82) is 0 Å². The fourth-order valence-electron chi connectivity index (χ4n) is 3.43. The minimum Gasteiger partial charge on any atom is -0.363 e. The third-order valence-electron chi connectivity index (χ3n) is 5.11. The Labute approximate surface area is 183 Å². The van der Waals surface area contributed by atoms with Crippen LogP contribution in [0.3, 0.4) is 0 Å². The summed E-state index contributed by atoms with van der Waals surface area (Å²) < 4.78 is 0. The number of aliphatic imine (C=N–C) groups is 1. The number of rotatable bonds is 5. The number of piperazine rings is 1. The van der Waals surface area contributed by atoms with Crippen molar-refractivity contribution < 1.29 is 4.79 Å². The average molecular weight is 429 g/mol. The Morgan fingerprint density at radius 2 is 1.87 bits per heavy atom. The predicted molar refractivity (Wildman–Crippen MR) is 122 cm³/mol. The molecule has 1 N–H and O–H groups in total. The summed E-state index contributed by atoms with van der Waals surface area (Å²) in [6, 6.07) is 11.5. The molecule has 1 aromatic carbocycles. The predicted octanol–water partition coefficient (Wildman–Crippen LogP) is 2.26. The molecule has 1 aliphatic rings. The lowest BCUT2D eigenvalue weighted by atomic mass is 10.1. The van der Waals surface area contributed by atoms with Crippen molar-refractivity contribution in [3.05, 3.63) is 58.7 Å². The molecule has 1 saturated heterocycles. The van der Waals surface area contributed by atoms with Crippen LogP contribution in [-0.4, -0.2) is 74.0 Å². The Morgan fingerprint density at radius 1 is 1.13 bits per heavy atom. The number of pyridine rings is 1. The number of carbonyl (C=O) groups excluding carboxylic acids is 1. The smallest absolute Gasteiger partial charge is 0.227 e. The van der Waals surface area contributed by atoms with Crippen molar-refractivity contribution in [3.63, 3.8) is 0 Å². The lowest BCUT2D eigenvalue weighted by molar-refractivity contribution is -0.131. The fraction of sp³-hybridized carbons (Fsp3) is 0.409. The van der Waals surface area contributed by atoms with E-state index in [2.05, 4.69) is 26.3 Å². The fourth-order valence-corrected chi connectivity index (χ4v) is 3.64. The molecule has 2 heterocycles. The first-order valence-electron chi connectivity index (χ1n) is 10.1. The number of hydrogen-bond acceptors (Lipinski definition) is 4. The third kappa shape index (κ3) is 5.86. The minimum absolute atomic E-state index is 0.132. The van der Waals surface area contributed by atoms with Gasteiger partial charge in [0.15, 0.2) is 5.96 Å². The van der Waals surface area contributed by atoms with Crippen molar-refractivity contribution in [1.82, 2.24) is 20.1 Å². The van der Waals surface area contributed by atoms with Gasteiger partial charge >= 0.3 is 0 Å². The van der Waals surface area contributed by atoms with Crippen LogP contribution in [0.4, 0.5) is 5.82 Å². The van der Waals surface area contributed by atoms with Gasteiger partial charge in [0.2, 0.25) is 5.91 Å². The van der Waals surface area contributed by atoms with Gasteiger partial charge < -0.3 is 20.0 Å². The van der Waals surface area contributed by atoms with E-state index in [9.17, 15) is 4.79 Å². The van der Waals surface area contributed by atoms with Crippen molar-refractivity contribution in [3.8, 4) is 0 Å². The van der Waals surface area contributed by atoms with Gasteiger partial charge in [0.05, 0.1) is 6.42 Å². The molecular weight excluding hydrogens is 400 g/mol. The molecule has 0 spiro atoms. The van der Waals surface area contributed by atoms with E-state index in [4.69, 9.17) is 11.6 Å². The number of nitrogens with zero attached hydrogens (tertiary/aromatic N) is 5. The second-order valence-electron chi connectivity index (χ2n) is 7.49. The van der Waals surface area contributed by atoms with Crippen molar-refractivity contribution in [2.24, 2.45) is 4.99 Å². The van der Waals surface area contributed by atoms with Gasteiger partial charge in [0.1, 0.15) is 5.82 Å². The van der Waals surface area contributed by atoms with Gasteiger partial charge in [-0.05, 0) is 35.4 Å². The summed E-state index contributed by atoms with van der Waals surface area (Å²) in [5.74, 6) is 1.91. The quantitative estimate of drug-likeness (QED) is 0.584. The van der Waals surface area contributed by atoms with E-state index in [1.54, 1.807) is 7.05 Å². The standard InChI is InChI=1S/C22H29ClN6O/c1-24-22(26-16-18-7-8-25-20(14-18)27(2)3)29-11-9-28(10-12-29)21(30)15-17-5-4-6-19(23)13-17/h4-8,13-14H,9-12,15-16H2,1-3H3,(H,24,26). The first-order chi connectivity index (χ1) is 14.5. The molecule has 0 atom stereocenters. The lowest BCUT2D eigenvalue weighted by Crippen LogP contribution is -2.53. The van der Waals surface area contributed by atoms with Gasteiger partial charge in [-0.2, -0.15) is 0 Å². The number of guanidine groups is 1. The summed E-state index contributed by atoms with van der Waals surface area (Å²) in [6.45, 7) is 3.53. The molecule has 2 aromatic rings. The van der Waals surface area contributed by atoms with Crippen LogP contribution in [0.15, 0.2) is 47.6 Å². The molecule has 0 bridgehead atoms. The van der Waals surface area contributed by atoms with Crippen LogP contribution in [-0.2, 0) is 17.8 Å². The van der Waals surface area contributed by atoms with E-state index in [-0.39, 0.29) is 5.91 Å². The molecule has 30 heavy (non-hydrogen) atoms. The van der Waals surface area contributed by atoms with Crippen molar-refractivity contribution >= 4 is 29.3 Å². The van der Waals surface area contributed by atoms with Crippen LogP contribution >= 0.6 is 11.6 Å². The molecule has 0 radical (unpaired) electrons. The summed E-state index contributed by atoms with van der Waals surface area (Å²) in [5, 5.41) is 4.08. The largest absolute Gasteiger partial charge is 0.363 e. The normalized spacial score (nSPS) is 14.6. The molecule has 1 fully saturated rings. The Morgan fingerprint density at radius 3 is 2.53 bits per heavy atom. The Kier molecular flexibility index (Phi) is 7.52. The van der Waals surface area contributed by atoms with E-state index in [1.165, 1.54) is 0 Å². The number of hydrogen-bond donors (Lipinski definition) is 1. The Hall–Kier alpha value is -2.80. The number of nitrogens with one attached hydrogen (secondary N) is 1. The van der Waals surface area contributed by atoms with E-state index in [0.717, 1.165) is 36.0 Å². The Balaban J connectivity index is 1.50. The molecule has 0 saturated carbocycles. The maximum atomic E-state index is 12.6. The number of anilines is 1. The SMILES string of the molecule is CN=C(NCc1ccnc(N(C)C)c1)N1CCN(C(=O)Cc2cccc(Cl)c2)CC1. The first kappa shape index (κ1) is 21.9. The highest BCUT2D eigenvalue weighted by Crippen LogP contribution is 2.13.